The lowest BCUT2D eigenvalue weighted by molar-refractivity contribution is 0.0979. The van der Waals surface area contributed by atoms with Crippen LogP contribution in [0, 0.1) is 6.92 Å². The summed E-state index contributed by atoms with van der Waals surface area (Å²) in [5.74, 6) is -0.319. The molecule has 0 saturated carbocycles. The first-order chi connectivity index (χ1) is 11.3. The number of sulfonamides is 1. The number of hydrogen-bond acceptors (Lipinski definition) is 5. The van der Waals surface area contributed by atoms with Gasteiger partial charge in [-0.1, -0.05) is 44.2 Å². The van der Waals surface area contributed by atoms with Crippen LogP contribution < -0.4 is 4.72 Å². The normalized spacial score (nSPS) is 11.5. The Balaban J connectivity index is 2.11. The Morgan fingerprint density at radius 2 is 1.88 bits per heavy atom. The molecule has 128 valence electrons. The quantitative estimate of drug-likeness (QED) is 0.865. The Labute approximate surface area is 142 Å². The maximum Gasteiger partial charge on any atom is 0.268 e. The zero-order chi connectivity index (χ0) is 17.7. The van der Waals surface area contributed by atoms with Crippen molar-refractivity contribution in [2.24, 2.45) is 0 Å². The number of nitrogens with zero attached hydrogens (tertiary/aromatic N) is 2. The van der Waals surface area contributed by atoms with Gasteiger partial charge in [-0.25, -0.2) is 23.1 Å². The zero-order valence-electron chi connectivity index (χ0n) is 14.0. The van der Waals surface area contributed by atoms with E-state index >= 15 is 0 Å². The minimum absolute atomic E-state index is 0.0144. The molecule has 1 amide bonds. The maximum absolute atomic E-state index is 12.3. The van der Waals surface area contributed by atoms with Gasteiger partial charge in [0.1, 0.15) is 5.82 Å². The van der Waals surface area contributed by atoms with Gasteiger partial charge in [0.25, 0.3) is 5.91 Å². The van der Waals surface area contributed by atoms with Gasteiger partial charge in [-0.3, -0.25) is 4.79 Å². The van der Waals surface area contributed by atoms with Crippen LogP contribution >= 0.6 is 0 Å². The second kappa shape index (κ2) is 7.53. The van der Waals surface area contributed by atoms with Gasteiger partial charge in [0, 0.05) is 6.20 Å². The number of hydrogen-bond donors (Lipinski definition) is 1. The predicted molar refractivity (Wildman–Crippen MR) is 92.3 cm³/mol. The number of carbonyl (C=O) groups excluding carboxylic acids is 1. The number of rotatable bonds is 6. The zero-order valence-corrected chi connectivity index (χ0v) is 14.8. The van der Waals surface area contributed by atoms with E-state index in [2.05, 4.69) is 14.7 Å². The molecule has 0 fully saturated rings. The van der Waals surface area contributed by atoms with E-state index in [1.807, 2.05) is 44.2 Å². The summed E-state index contributed by atoms with van der Waals surface area (Å²) in [6, 6.07) is 9.26. The number of nitrogens with one attached hydrogen (secondary N) is 1. The van der Waals surface area contributed by atoms with Gasteiger partial charge in [0.05, 0.1) is 17.0 Å². The molecule has 0 atom stereocenters. The van der Waals surface area contributed by atoms with E-state index < -0.39 is 15.9 Å². The number of aromatic nitrogens is 2. The Bertz CT molecular complexity index is 818. The van der Waals surface area contributed by atoms with Gasteiger partial charge in [-0.15, -0.1) is 0 Å². The van der Waals surface area contributed by atoms with Crippen LogP contribution in [0.2, 0.25) is 0 Å². The van der Waals surface area contributed by atoms with Crippen LogP contribution in [0.15, 0.2) is 36.5 Å². The first-order valence-electron chi connectivity index (χ1n) is 7.71. The molecule has 0 saturated heterocycles. The Kier molecular flexibility index (Phi) is 5.66. The standard InChI is InChI=1S/C17H21N3O3S/c1-12(2)16-15(11-18-13(3)19-16)17(21)20-24(22,23)10-9-14-7-5-4-6-8-14/h4-8,11-12H,9-10H2,1-3H3,(H,20,21). The van der Waals surface area contributed by atoms with Crippen LogP contribution in [0.3, 0.4) is 0 Å². The first-order valence-corrected chi connectivity index (χ1v) is 9.36. The molecule has 0 spiro atoms. The van der Waals surface area contributed by atoms with Gasteiger partial charge in [-0.2, -0.15) is 0 Å². The van der Waals surface area contributed by atoms with Crippen molar-refractivity contribution >= 4 is 15.9 Å². The summed E-state index contributed by atoms with van der Waals surface area (Å²) in [4.78, 5) is 20.6. The minimum Gasteiger partial charge on any atom is -0.268 e. The third-order valence-electron chi connectivity index (χ3n) is 3.48. The second-order valence-corrected chi connectivity index (χ2v) is 7.70. The fourth-order valence-electron chi connectivity index (χ4n) is 2.25. The fraction of sp³-hybridized carbons (Fsp3) is 0.353. The highest BCUT2D eigenvalue weighted by Gasteiger charge is 2.21. The lowest BCUT2D eigenvalue weighted by Gasteiger charge is -2.12. The first kappa shape index (κ1) is 18.1. The maximum atomic E-state index is 12.3. The summed E-state index contributed by atoms with van der Waals surface area (Å²) < 4.78 is 26.4. The van der Waals surface area contributed by atoms with Gasteiger partial charge >= 0.3 is 0 Å². The van der Waals surface area contributed by atoms with E-state index in [0.717, 1.165) is 5.56 Å². The fourth-order valence-corrected chi connectivity index (χ4v) is 3.25. The van der Waals surface area contributed by atoms with Crippen molar-refractivity contribution in [1.82, 2.24) is 14.7 Å². The average molecular weight is 347 g/mol. The lowest BCUT2D eigenvalue weighted by Crippen LogP contribution is -2.34. The minimum atomic E-state index is -3.73. The molecule has 1 heterocycles. The molecule has 1 aromatic carbocycles. The van der Waals surface area contributed by atoms with Crippen LogP contribution in [0.1, 0.15) is 47.2 Å². The summed E-state index contributed by atoms with van der Waals surface area (Å²) in [7, 11) is -3.73. The van der Waals surface area contributed by atoms with Gasteiger partial charge in [0.15, 0.2) is 0 Å². The molecule has 2 aromatic rings. The molecule has 0 bridgehead atoms. The number of amides is 1. The Morgan fingerprint density at radius 3 is 2.50 bits per heavy atom. The van der Waals surface area contributed by atoms with E-state index in [4.69, 9.17) is 0 Å². The second-order valence-electron chi connectivity index (χ2n) is 5.86. The van der Waals surface area contributed by atoms with E-state index in [1.54, 1.807) is 6.92 Å². The van der Waals surface area contributed by atoms with Crippen LogP contribution in [-0.4, -0.2) is 30.0 Å². The summed E-state index contributed by atoms with van der Waals surface area (Å²) in [6.07, 6.45) is 1.71. The molecular weight excluding hydrogens is 326 g/mol. The topological polar surface area (TPSA) is 89.0 Å². The third kappa shape index (κ3) is 4.86. The smallest absolute Gasteiger partial charge is 0.268 e. The highest BCUT2D eigenvalue weighted by molar-refractivity contribution is 7.90. The van der Waals surface area contributed by atoms with E-state index in [0.29, 0.717) is 17.9 Å². The molecule has 0 radical (unpaired) electrons. The number of carbonyl (C=O) groups is 1. The summed E-state index contributed by atoms with van der Waals surface area (Å²) in [6.45, 7) is 5.51. The van der Waals surface area contributed by atoms with Crippen molar-refractivity contribution in [3.05, 3.63) is 59.2 Å². The van der Waals surface area contributed by atoms with Crippen LogP contribution in [-0.2, 0) is 16.4 Å². The molecule has 2 rings (SSSR count). The molecule has 0 aliphatic rings. The van der Waals surface area contributed by atoms with Crippen molar-refractivity contribution in [3.63, 3.8) is 0 Å². The molecule has 6 nitrogen and oxygen atoms in total. The third-order valence-corrected chi connectivity index (χ3v) is 4.72. The molecule has 7 heteroatoms. The van der Waals surface area contributed by atoms with Crippen molar-refractivity contribution < 1.29 is 13.2 Å². The van der Waals surface area contributed by atoms with E-state index in [-0.39, 0.29) is 17.2 Å². The monoisotopic (exact) mass is 347 g/mol. The van der Waals surface area contributed by atoms with Crippen LogP contribution in [0.5, 0.6) is 0 Å². The Morgan fingerprint density at radius 1 is 1.21 bits per heavy atom. The molecule has 0 unspecified atom stereocenters. The number of benzene rings is 1. The summed E-state index contributed by atoms with van der Waals surface area (Å²) in [5, 5.41) is 0. The SMILES string of the molecule is Cc1ncc(C(=O)NS(=O)(=O)CCc2ccccc2)c(C(C)C)n1. The van der Waals surface area contributed by atoms with Gasteiger partial charge in [0.2, 0.25) is 10.0 Å². The van der Waals surface area contributed by atoms with Crippen LogP contribution in [0.25, 0.3) is 0 Å². The molecule has 0 aliphatic carbocycles. The highest BCUT2D eigenvalue weighted by Crippen LogP contribution is 2.16. The number of aryl methyl sites for hydroxylation is 2. The van der Waals surface area contributed by atoms with Crippen molar-refractivity contribution in [2.45, 2.75) is 33.1 Å². The largest absolute Gasteiger partial charge is 0.268 e. The molecule has 1 N–H and O–H groups in total. The van der Waals surface area contributed by atoms with E-state index in [1.165, 1.54) is 6.20 Å². The molecule has 1 aromatic heterocycles. The average Bonchev–Trinajstić information content (AvgIpc) is 2.53. The van der Waals surface area contributed by atoms with Crippen molar-refractivity contribution in [1.29, 1.82) is 0 Å². The molecule has 0 aliphatic heterocycles. The molecular formula is C17H21N3O3S. The van der Waals surface area contributed by atoms with Gasteiger partial charge in [-0.05, 0) is 24.8 Å². The van der Waals surface area contributed by atoms with E-state index in [9.17, 15) is 13.2 Å². The molecule has 24 heavy (non-hydrogen) atoms. The lowest BCUT2D eigenvalue weighted by atomic mass is 10.0. The predicted octanol–water partition coefficient (Wildman–Crippen LogP) is 2.21. The highest BCUT2D eigenvalue weighted by atomic mass is 32.2. The van der Waals surface area contributed by atoms with Gasteiger partial charge < -0.3 is 0 Å². The summed E-state index contributed by atoms with van der Waals surface area (Å²) in [5.41, 5.74) is 1.63. The van der Waals surface area contributed by atoms with Crippen molar-refractivity contribution in [3.8, 4) is 0 Å². The Hall–Kier alpha value is -2.28. The van der Waals surface area contributed by atoms with Crippen molar-refractivity contribution in [2.75, 3.05) is 5.75 Å². The van der Waals surface area contributed by atoms with Crippen LogP contribution in [0.4, 0.5) is 0 Å². The summed E-state index contributed by atoms with van der Waals surface area (Å²) >= 11 is 0.